The van der Waals surface area contributed by atoms with E-state index in [-0.39, 0.29) is 18.3 Å². The van der Waals surface area contributed by atoms with Gasteiger partial charge in [0.05, 0.1) is 0 Å². The van der Waals surface area contributed by atoms with Gasteiger partial charge in [0.15, 0.2) is 0 Å². The van der Waals surface area contributed by atoms with Crippen molar-refractivity contribution >= 4 is 11.8 Å². The van der Waals surface area contributed by atoms with Crippen LogP contribution in [0.1, 0.15) is 40.0 Å². The third-order valence-corrected chi connectivity index (χ3v) is 1.57. The molecular weight excluding hydrogens is 180 g/mol. The molecule has 0 bridgehead atoms. The Morgan fingerprint density at radius 1 is 1.43 bits per heavy atom. The Morgan fingerprint density at radius 2 is 2.07 bits per heavy atom. The lowest BCUT2D eigenvalue weighted by Crippen LogP contribution is -2.14. The highest BCUT2D eigenvalue weighted by atomic mass is 16.5. The van der Waals surface area contributed by atoms with Gasteiger partial charge in [-0.15, -0.1) is 0 Å². The first-order valence-electron chi connectivity index (χ1n) is 4.91. The van der Waals surface area contributed by atoms with Gasteiger partial charge >= 0.3 is 5.97 Å². The smallest absolute Gasteiger partial charge is 0.313 e. The molecule has 0 aliphatic carbocycles. The lowest BCUT2D eigenvalue weighted by atomic mass is 10.2. The summed E-state index contributed by atoms with van der Waals surface area (Å²) >= 11 is 0. The van der Waals surface area contributed by atoms with Gasteiger partial charge in [0.1, 0.15) is 18.3 Å². The summed E-state index contributed by atoms with van der Waals surface area (Å²) in [6, 6.07) is 0. The zero-order valence-corrected chi connectivity index (χ0v) is 9.08. The number of hydrogen-bond acceptors (Lipinski definition) is 3. The van der Waals surface area contributed by atoms with Crippen molar-refractivity contribution in [2.45, 2.75) is 46.1 Å². The molecule has 0 fully saturated rings. The number of carbonyl (C=O) groups is 2. The summed E-state index contributed by atoms with van der Waals surface area (Å²) in [5.74, 6) is -0.620. The van der Waals surface area contributed by atoms with Gasteiger partial charge in [-0.05, 0) is 26.3 Å². The van der Waals surface area contributed by atoms with Crippen molar-refractivity contribution in [3.63, 3.8) is 0 Å². The monoisotopic (exact) mass is 198 g/mol. The van der Waals surface area contributed by atoms with Crippen LogP contribution < -0.4 is 0 Å². The third kappa shape index (κ3) is 7.53. The van der Waals surface area contributed by atoms with E-state index in [0.717, 1.165) is 12.8 Å². The average Bonchev–Trinajstić information content (AvgIpc) is 2.02. The maximum atomic E-state index is 11.0. The van der Waals surface area contributed by atoms with Crippen LogP contribution in [0.3, 0.4) is 0 Å². The molecule has 0 spiro atoms. The number of rotatable bonds is 6. The molecule has 80 valence electrons. The van der Waals surface area contributed by atoms with Crippen molar-refractivity contribution < 1.29 is 14.3 Å². The molecule has 0 rings (SSSR count). The summed E-state index contributed by atoms with van der Waals surface area (Å²) < 4.78 is 4.96. The molecule has 0 aromatic rings. The van der Waals surface area contributed by atoms with E-state index in [1.165, 1.54) is 6.92 Å². The van der Waals surface area contributed by atoms with Crippen LogP contribution in [0.5, 0.6) is 0 Å². The SMILES string of the molecule is CCCC=CC(C)OC(=O)CC(C)=O. The van der Waals surface area contributed by atoms with E-state index in [2.05, 4.69) is 6.92 Å². The summed E-state index contributed by atoms with van der Waals surface area (Å²) in [5, 5.41) is 0. The van der Waals surface area contributed by atoms with Crippen LogP contribution in [0.2, 0.25) is 0 Å². The van der Waals surface area contributed by atoms with Gasteiger partial charge in [-0.3, -0.25) is 9.59 Å². The van der Waals surface area contributed by atoms with Crippen LogP contribution in [0.15, 0.2) is 12.2 Å². The molecule has 0 radical (unpaired) electrons. The second kappa shape index (κ2) is 7.30. The number of carbonyl (C=O) groups excluding carboxylic acids is 2. The fourth-order valence-corrected chi connectivity index (χ4v) is 0.946. The normalized spacial score (nSPS) is 12.8. The van der Waals surface area contributed by atoms with Crippen molar-refractivity contribution in [2.75, 3.05) is 0 Å². The largest absolute Gasteiger partial charge is 0.458 e. The van der Waals surface area contributed by atoms with Gasteiger partial charge in [-0.25, -0.2) is 0 Å². The molecule has 0 N–H and O–H groups in total. The van der Waals surface area contributed by atoms with Crippen LogP contribution >= 0.6 is 0 Å². The number of unbranched alkanes of at least 4 members (excludes halogenated alkanes) is 1. The highest BCUT2D eigenvalue weighted by Gasteiger charge is 2.08. The molecule has 14 heavy (non-hydrogen) atoms. The number of ketones is 1. The highest BCUT2D eigenvalue weighted by molar-refractivity contribution is 5.94. The van der Waals surface area contributed by atoms with Gasteiger partial charge in [0.25, 0.3) is 0 Å². The minimum atomic E-state index is -0.453. The second-order valence-corrected chi connectivity index (χ2v) is 3.29. The summed E-state index contributed by atoms with van der Waals surface area (Å²) in [7, 11) is 0. The Balaban J connectivity index is 3.76. The first-order valence-corrected chi connectivity index (χ1v) is 4.91. The Morgan fingerprint density at radius 3 is 2.57 bits per heavy atom. The lowest BCUT2D eigenvalue weighted by molar-refractivity contribution is -0.147. The predicted molar refractivity (Wildman–Crippen MR) is 54.9 cm³/mol. The quantitative estimate of drug-likeness (QED) is 0.373. The van der Waals surface area contributed by atoms with Crippen LogP contribution in [0.4, 0.5) is 0 Å². The zero-order chi connectivity index (χ0) is 11.0. The first kappa shape index (κ1) is 12.9. The summed E-state index contributed by atoms with van der Waals surface area (Å²) in [4.78, 5) is 21.6. The maximum absolute atomic E-state index is 11.0. The molecule has 0 aromatic carbocycles. The molecular formula is C11H18O3. The van der Waals surface area contributed by atoms with Crippen molar-refractivity contribution in [3.8, 4) is 0 Å². The lowest BCUT2D eigenvalue weighted by Gasteiger charge is -2.07. The van der Waals surface area contributed by atoms with E-state index in [1.807, 2.05) is 12.2 Å². The molecule has 1 atom stereocenters. The Labute approximate surface area is 85.1 Å². The van der Waals surface area contributed by atoms with Crippen molar-refractivity contribution in [1.29, 1.82) is 0 Å². The average molecular weight is 198 g/mol. The molecule has 1 unspecified atom stereocenters. The first-order chi connectivity index (χ1) is 6.56. The van der Waals surface area contributed by atoms with Gasteiger partial charge in [-0.2, -0.15) is 0 Å². The Bertz CT molecular complexity index is 219. The minimum absolute atomic E-state index is 0.133. The fraction of sp³-hybridized carbons (Fsp3) is 0.636. The number of ether oxygens (including phenoxy) is 1. The molecule has 0 saturated heterocycles. The predicted octanol–water partition coefficient (Wildman–Crippen LogP) is 2.25. The van der Waals surface area contributed by atoms with Crippen LogP contribution in [-0.2, 0) is 14.3 Å². The van der Waals surface area contributed by atoms with Crippen LogP contribution in [0.25, 0.3) is 0 Å². The summed E-state index contributed by atoms with van der Waals surface area (Å²) in [5.41, 5.74) is 0. The van der Waals surface area contributed by atoms with Gasteiger partial charge in [-0.1, -0.05) is 19.4 Å². The van der Waals surface area contributed by atoms with Gasteiger partial charge in [0, 0.05) is 0 Å². The molecule has 0 aromatic heterocycles. The van der Waals surface area contributed by atoms with Crippen LogP contribution in [-0.4, -0.2) is 17.9 Å². The van der Waals surface area contributed by atoms with E-state index in [1.54, 1.807) is 6.92 Å². The third-order valence-electron chi connectivity index (χ3n) is 1.57. The number of esters is 1. The van der Waals surface area contributed by atoms with Gasteiger partial charge in [0.2, 0.25) is 0 Å². The molecule has 0 amide bonds. The Kier molecular flexibility index (Phi) is 6.72. The topological polar surface area (TPSA) is 43.4 Å². The Hall–Kier alpha value is -1.12. The minimum Gasteiger partial charge on any atom is -0.458 e. The standard InChI is InChI=1S/C11H18O3/c1-4-5-6-7-10(3)14-11(13)8-9(2)12/h6-7,10H,4-5,8H2,1-3H3. The van der Waals surface area contributed by atoms with Crippen molar-refractivity contribution in [2.24, 2.45) is 0 Å². The van der Waals surface area contributed by atoms with Crippen molar-refractivity contribution in [1.82, 2.24) is 0 Å². The molecule has 0 heterocycles. The van der Waals surface area contributed by atoms with Crippen LogP contribution in [0, 0.1) is 0 Å². The van der Waals surface area contributed by atoms with E-state index < -0.39 is 5.97 Å². The summed E-state index contributed by atoms with van der Waals surface area (Å²) in [6.45, 7) is 5.24. The second-order valence-electron chi connectivity index (χ2n) is 3.29. The number of Topliss-reactive ketones (excluding diaryl/α,β-unsaturated/α-hetero) is 1. The number of allylic oxidation sites excluding steroid dienone is 1. The molecule has 0 aliphatic heterocycles. The van der Waals surface area contributed by atoms with Gasteiger partial charge < -0.3 is 4.74 Å². The van der Waals surface area contributed by atoms with E-state index in [4.69, 9.17) is 4.74 Å². The zero-order valence-electron chi connectivity index (χ0n) is 9.08. The summed E-state index contributed by atoms with van der Waals surface area (Å²) in [6.07, 6.45) is 5.49. The molecule has 0 aliphatic rings. The maximum Gasteiger partial charge on any atom is 0.313 e. The molecule has 3 nitrogen and oxygen atoms in total. The van der Waals surface area contributed by atoms with E-state index >= 15 is 0 Å². The van der Waals surface area contributed by atoms with E-state index in [9.17, 15) is 9.59 Å². The number of hydrogen-bond donors (Lipinski definition) is 0. The van der Waals surface area contributed by atoms with E-state index in [0.29, 0.717) is 0 Å². The fourth-order valence-electron chi connectivity index (χ4n) is 0.946. The van der Waals surface area contributed by atoms with Crippen molar-refractivity contribution in [3.05, 3.63) is 12.2 Å². The molecule has 3 heteroatoms. The molecule has 0 saturated carbocycles. The highest BCUT2D eigenvalue weighted by Crippen LogP contribution is 1.99.